The van der Waals surface area contributed by atoms with Gasteiger partial charge < -0.3 is 15.4 Å². The smallest absolute Gasteiger partial charge is 0.240 e. The normalized spacial score (nSPS) is 10.9. The molecule has 0 bridgehead atoms. The minimum absolute atomic E-state index is 0.108. The summed E-state index contributed by atoms with van der Waals surface area (Å²) in [7, 11) is 1.62. The number of hydrogen-bond acceptors (Lipinski definition) is 4. The lowest BCUT2D eigenvalue weighted by molar-refractivity contribution is -0.117. The molecule has 140 valence electrons. The molecule has 3 aromatic rings. The van der Waals surface area contributed by atoms with Gasteiger partial charge in [0.2, 0.25) is 5.91 Å². The van der Waals surface area contributed by atoms with Gasteiger partial charge in [-0.15, -0.1) is 0 Å². The minimum atomic E-state index is -0.249. The van der Waals surface area contributed by atoms with Crippen molar-refractivity contribution >= 4 is 45.7 Å². The third-order valence-electron chi connectivity index (χ3n) is 4.32. The summed E-state index contributed by atoms with van der Waals surface area (Å²) in [5, 5.41) is 1.80. The molecule has 7 heteroatoms. The van der Waals surface area contributed by atoms with Crippen molar-refractivity contribution in [1.82, 2.24) is 4.98 Å². The summed E-state index contributed by atoms with van der Waals surface area (Å²) >= 11 is 12.8. The highest BCUT2D eigenvalue weighted by molar-refractivity contribution is 6.38. The summed E-state index contributed by atoms with van der Waals surface area (Å²) in [6.07, 6.45) is 0. The van der Waals surface area contributed by atoms with Crippen LogP contribution in [0, 0.1) is 6.92 Å². The largest absolute Gasteiger partial charge is 0.487 e. The second-order valence-electron chi connectivity index (χ2n) is 6.07. The van der Waals surface area contributed by atoms with Crippen LogP contribution in [0.3, 0.4) is 0 Å². The quantitative estimate of drug-likeness (QED) is 0.687. The number of para-hydroxylation sites is 1. The molecule has 0 aliphatic heterocycles. The lowest BCUT2D eigenvalue weighted by Crippen LogP contribution is -2.32. The number of aryl methyl sites for hydroxylation is 1. The molecule has 0 aliphatic carbocycles. The predicted molar refractivity (Wildman–Crippen MR) is 110 cm³/mol. The number of nitrogens with zero attached hydrogens (tertiary/aromatic N) is 2. The fourth-order valence-corrected chi connectivity index (χ4v) is 3.34. The molecule has 0 fully saturated rings. The average molecular weight is 404 g/mol. The predicted octanol–water partition coefficient (Wildman–Crippen LogP) is 4.35. The first-order valence-electron chi connectivity index (χ1n) is 8.35. The number of benzene rings is 2. The number of rotatable bonds is 5. The third kappa shape index (κ3) is 4.00. The summed E-state index contributed by atoms with van der Waals surface area (Å²) < 4.78 is 5.95. The molecule has 0 saturated carbocycles. The molecule has 3 rings (SSSR count). The zero-order valence-corrected chi connectivity index (χ0v) is 16.5. The molecule has 0 saturated heterocycles. The Morgan fingerprint density at radius 3 is 2.70 bits per heavy atom. The van der Waals surface area contributed by atoms with Crippen LogP contribution in [0.15, 0.2) is 42.5 Å². The SMILES string of the molecule is Cc1nc2ccccc2cc1OCc1c(Cl)ccc(N(C)C(=O)CN)c1Cl. The van der Waals surface area contributed by atoms with E-state index in [0.717, 1.165) is 16.6 Å². The molecule has 0 aliphatic rings. The number of anilines is 1. The number of hydrogen-bond donors (Lipinski definition) is 1. The monoisotopic (exact) mass is 403 g/mol. The van der Waals surface area contributed by atoms with Crippen LogP contribution in [0.1, 0.15) is 11.3 Å². The van der Waals surface area contributed by atoms with E-state index in [1.807, 2.05) is 37.3 Å². The van der Waals surface area contributed by atoms with Crippen LogP contribution in [0.25, 0.3) is 10.9 Å². The summed E-state index contributed by atoms with van der Waals surface area (Å²) in [6, 6.07) is 13.1. The highest BCUT2D eigenvalue weighted by Crippen LogP contribution is 2.35. The lowest BCUT2D eigenvalue weighted by Gasteiger charge is -2.20. The van der Waals surface area contributed by atoms with Crippen LogP contribution < -0.4 is 15.4 Å². The van der Waals surface area contributed by atoms with Gasteiger partial charge in [-0.05, 0) is 31.2 Å². The number of nitrogens with two attached hydrogens (primary N) is 1. The molecule has 27 heavy (non-hydrogen) atoms. The number of amides is 1. The van der Waals surface area contributed by atoms with Crippen molar-refractivity contribution in [3.8, 4) is 5.75 Å². The number of ether oxygens (including phenoxy) is 1. The van der Waals surface area contributed by atoms with Crippen LogP contribution in [-0.4, -0.2) is 24.5 Å². The number of carbonyl (C=O) groups excluding carboxylic acids is 1. The number of pyridine rings is 1. The van der Waals surface area contributed by atoms with E-state index in [4.69, 9.17) is 33.7 Å². The Kier molecular flexibility index (Phi) is 5.85. The second-order valence-corrected chi connectivity index (χ2v) is 6.85. The van der Waals surface area contributed by atoms with Gasteiger partial charge in [0, 0.05) is 23.0 Å². The molecule has 0 atom stereocenters. The first kappa shape index (κ1) is 19.4. The zero-order valence-electron chi connectivity index (χ0n) is 15.0. The number of carbonyl (C=O) groups is 1. The van der Waals surface area contributed by atoms with Gasteiger partial charge in [0.15, 0.2) is 0 Å². The molecule has 0 spiro atoms. The first-order valence-corrected chi connectivity index (χ1v) is 9.10. The van der Waals surface area contributed by atoms with Crippen molar-refractivity contribution in [2.24, 2.45) is 5.73 Å². The van der Waals surface area contributed by atoms with Gasteiger partial charge >= 0.3 is 0 Å². The van der Waals surface area contributed by atoms with E-state index in [-0.39, 0.29) is 19.1 Å². The maximum atomic E-state index is 11.9. The minimum Gasteiger partial charge on any atom is -0.487 e. The second kappa shape index (κ2) is 8.13. The highest BCUT2D eigenvalue weighted by Gasteiger charge is 2.18. The summed E-state index contributed by atoms with van der Waals surface area (Å²) in [6.45, 7) is 1.93. The Balaban J connectivity index is 1.90. The number of halogens is 2. The van der Waals surface area contributed by atoms with Crippen LogP contribution >= 0.6 is 23.2 Å². The van der Waals surface area contributed by atoms with E-state index in [1.54, 1.807) is 19.2 Å². The van der Waals surface area contributed by atoms with Crippen LogP contribution in [-0.2, 0) is 11.4 Å². The topological polar surface area (TPSA) is 68.5 Å². The highest BCUT2D eigenvalue weighted by atomic mass is 35.5. The van der Waals surface area contributed by atoms with Gasteiger partial charge in [-0.25, -0.2) is 4.98 Å². The van der Waals surface area contributed by atoms with Gasteiger partial charge in [-0.1, -0.05) is 41.4 Å². The molecule has 0 unspecified atom stereocenters. The molecular weight excluding hydrogens is 385 g/mol. The molecule has 0 radical (unpaired) electrons. The van der Waals surface area contributed by atoms with Crippen LogP contribution in [0.4, 0.5) is 5.69 Å². The Hall–Kier alpha value is -2.34. The van der Waals surface area contributed by atoms with Crippen molar-refractivity contribution in [2.75, 3.05) is 18.5 Å². The third-order valence-corrected chi connectivity index (χ3v) is 5.09. The molecule has 1 amide bonds. The van der Waals surface area contributed by atoms with Gasteiger partial charge in [-0.2, -0.15) is 0 Å². The van der Waals surface area contributed by atoms with Crippen molar-refractivity contribution in [1.29, 1.82) is 0 Å². The fraction of sp³-hybridized carbons (Fsp3) is 0.200. The lowest BCUT2D eigenvalue weighted by atomic mass is 10.1. The molecular formula is C20H19Cl2N3O2. The van der Waals surface area contributed by atoms with Crippen LogP contribution in [0.2, 0.25) is 10.0 Å². The maximum Gasteiger partial charge on any atom is 0.240 e. The van der Waals surface area contributed by atoms with E-state index < -0.39 is 0 Å². The number of aromatic nitrogens is 1. The van der Waals surface area contributed by atoms with Gasteiger partial charge in [0.05, 0.1) is 28.5 Å². The Labute approximate surface area is 167 Å². The maximum absolute atomic E-state index is 11.9. The van der Waals surface area contributed by atoms with E-state index in [1.165, 1.54) is 4.90 Å². The fourth-order valence-electron chi connectivity index (χ4n) is 2.74. The molecule has 1 aromatic heterocycles. The number of fused-ring (bicyclic) bond motifs is 1. The van der Waals surface area contributed by atoms with E-state index in [2.05, 4.69) is 4.98 Å². The van der Waals surface area contributed by atoms with E-state index >= 15 is 0 Å². The molecule has 1 heterocycles. The summed E-state index contributed by atoms with van der Waals surface area (Å²) in [4.78, 5) is 17.8. The van der Waals surface area contributed by atoms with Gasteiger partial charge in [0.25, 0.3) is 0 Å². The molecule has 2 aromatic carbocycles. The van der Waals surface area contributed by atoms with Gasteiger partial charge in [-0.3, -0.25) is 4.79 Å². The van der Waals surface area contributed by atoms with Crippen molar-refractivity contribution < 1.29 is 9.53 Å². The Morgan fingerprint density at radius 1 is 1.22 bits per heavy atom. The van der Waals surface area contributed by atoms with Crippen molar-refractivity contribution in [2.45, 2.75) is 13.5 Å². The standard InChI is InChI=1S/C20H19Cl2N3O2/c1-12-18(9-13-5-3-4-6-16(13)24-12)27-11-14-15(21)7-8-17(20(14)22)25(2)19(26)10-23/h3-9H,10-11,23H2,1-2H3. The first-order chi connectivity index (χ1) is 12.9. The zero-order chi connectivity index (χ0) is 19.6. The summed E-state index contributed by atoms with van der Waals surface area (Å²) in [5.74, 6) is 0.401. The molecule has 2 N–H and O–H groups in total. The van der Waals surface area contributed by atoms with Crippen LogP contribution in [0.5, 0.6) is 5.75 Å². The Bertz CT molecular complexity index is 1010. The summed E-state index contributed by atoms with van der Waals surface area (Å²) in [5.41, 5.74) is 8.24. The number of likely N-dealkylation sites (N-methyl/N-ethyl adjacent to an activating group) is 1. The Morgan fingerprint density at radius 2 is 1.96 bits per heavy atom. The van der Waals surface area contributed by atoms with Crippen molar-refractivity contribution in [3.05, 3.63) is 63.8 Å². The van der Waals surface area contributed by atoms with Crippen molar-refractivity contribution in [3.63, 3.8) is 0 Å². The van der Waals surface area contributed by atoms with Gasteiger partial charge in [0.1, 0.15) is 12.4 Å². The van der Waals surface area contributed by atoms with E-state index in [0.29, 0.717) is 27.0 Å². The average Bonchev–Trinajstić information content (AvgIpc) is 2.67. The molecule has 5 nitrogen and oxygen atoms in total. The van der Waals surface area contributed by atoms with E-state index in [9.17, 15) is 4.79 Å².